The molecule has 2 heterocycles. The van der Waals surface area contributed by atoms with Gasteiger partial charge >= 0.3 is 0 Å². The highest BCUT2D eigenvalue weighted by atomic mass is 35.5. The molecule has 0 fully saturated rings. The molecular formula is C18H12ClN3O2. The number of benzene rings is 2. The SMILES string of the molecule is O=c1[nH]n(-c2ccc(Cl)cc2)c(O)c1C=C1C=Nc2ccccc21. The highest BCUT2D eigenvalue weighted by Gasteiger charge is 2.17. The minimum absolute atomic E-state index is 0.160. The highest BCUT2D eigenvalue weighted by molar-refractivity contribution is 6.30. The number of nitrogens with zero attached hydrogens (tertiary/aromatic N) is 2. The molecule has 0 saturated heterocycles. The van der Waals surface area contributed by atoms with Gasteiger partial charge in [0.15, 0.2) is 0 Å². The zero-order chi connectivity index (χ0) is 16.7. The van der Waals surface area contributed by atoms with Crippen molar-refractivity contribution in [2.45, 2.75) is 0 Å². The second-order valence-corrected chi connectivity index (χ2v) is 5.80. The van der Waals surface area contributed by atoms with Crippen molar-refractivity contribution in [2.24, 2.45) is 4.99 Å². The fraction of sp³-hybridized carbons (Fsp3) is 0. The van der Waals surface area contributed by atoms with Gasteiger partial charge in [-0.3, -0.25) is 14.9 Å². The Balaban J connectivity index is 1.81. The lowest BCUT2D eigenvalue weighted by molar-refractivity contribution is 0.432. The number of fused-ring (bicyclic) bond motifs is 1. The van der Waals surface area contributed by atoms with Gasteiger partial charge in [-0.25, -0.2) is 4.68 Å². The smallest absolute Gasteiger partial charge is 0.275 e. The predicted molar refractivity (Wildman–Crippen MR) is 95.5 cm³/mol. The van der Waals surface area contributed by atoms with Gasteiger partial charge in [0.1, 0.15) is 5.56 Å². The van der Waals surface area contributed by atoms with Crippen molar-refractivity contribution in [3.8, 4) is 11.6 Å². The molecule has 0 aliphatic carbocycles. The number of rotatable bonds is 2. The summed E-state index contributed by atoms with van der Waals surface area (Å²) in [7, 11) is 0. The number of aromatic nitrogens is 2. The normalized spacial score (nSPS) is 14.3. The Kier molecular flexibility index (Phi) is 3.36. The van der Waals surface area contributed by atoms with Gasteiger partial charge in [0, 0.05) is 22.4 Å². The van der Waals surface area contributed by atoms with Crippen LogP contribution < -0.4 is 5.56 Å². The minimum atomic E-state index is -0.382. The lowest BCUT2D eigenvalue weighted by Gasteiger charge is -2.04. The fourth-order valence-electron chi connectivity index (χ4n) is 2.65. The summed E-state index contributed by atoms with van der Waals surface area (Å²) in [6, 6.07) is 14.4. The number of hydrogen-bond acceptors (Lipinski definition) is 3. The quantitative estimate of drug-likeness (QED) is 0.747. The van der Waals surface area contributed by atoms with Crippen LogP contribution >= 0.6 is 11.6 Å². The van der Waals surface area contributed by atoms with Crippen molar-refractivity contribution >= 4 is 35.2 Å². The first kappa shape index (κ1) is 14.5. The molecule has 1 aliphatic rings. The van der Waals surface area contributed by atoms with E-state index in [9.17, 15) is 9.90 Å². The van der Waals surface area contributed by atoms with Crippen molar-refractivity contribution in [1.29, 1.82) is 0 Å². The van der Waals surface area contributed by atoms with E-state index in [4.69, 9.17) is 11.6 Å². The Hall–Kier alpha value is -3.05. The van der Waals surface area contributed by atoms with Crippen LogP contribution in [-0.2, 0) is 0 Å². The summed E-state index contributed by atoms with van der Waals surface area (Å²) in [5.74, 6) is -0.160. The van der Waals surface area contributed by atoms with Gasteiger partial charge in [0.05, 0.1) is 11.4 Å². The Morgan fingerprint density at radius 2 is 1.88 bits per heavy atom. The summed E-state index contributed by atoms with van der Waals surface area (Å²) < 4.78 is 1.32. The second kappa shape index (κ2) is 5.54. The topological polar surface area (TPSA) is 70.4 Å². The third kappa shape index (κ3) is 2.35. The van der Waals surface area contributed by atoms with Crippen LogP contribution in [0.1, 0.15) is 11.1 Å². The number of aliphatic imine (C=N–C) groups is 1. The maximum absolute atomic E-state index is 12.2. The molecule has 4 rings (SSSR count). The molecule has 0 spiro atoms. The summed E-state index contributed by atoms with van der Waals surface area (Å²) in [5.41, 5.74) is 2.96. The number of H-pyrrole nitrogens is 1. The average Bonchev–Trinajstić information content (AvgIpc) is 3.12. The van der Waals surface area contributed by atoms with E-state index in [0.717, 1.165) is 16.8 Å². The number of hydrogen-bond donors (Lipinski definition) is 2. The Morgan fingerprint density at radius 3 is 2.67 bits per heavy atom. The first-order valence-electron chi connectivity index (χ1n) is 7.28. The highest BCUT2D eigenvalue weighted by Crippen LogP contribution is 2.33. The third-order valence-corrected chi connectivity index (χ3v) is 4.11. The molecule has 6 heteroatoms. The number of halogens is 1. The zero-order valence-electron chi connectivity index (χ0n) is 12.4. The molecule has 5 nitrogen and oxygen atoms in total. The van der Waals surface area contributed by atoms with Crippen molar-refractivity contribution in [3.05, 3.63) is 75.0 Å². The molecule has 1 aliphatic heterocycles. The molecule has 0 unspecified atom stereocenters. The number of allylic oxidation sites excluding steroid dienone is 1. The standard InChI is InChI=1S/C18H12ClN3O2/c19-12-5-7-13(8-6-12)22-18(24)15(17(23)21-22)9-11-10-20-16-4-2-1-3-14(11)16/h1-10,24H,(H,21,23). The van der Waals surface area contributed by atoms with Crippen LogP contribution in [-0.4, -0.2) is 21.1 Å². The Labute approximate surface area is 142 Å². The van der Waals surface area contributed by atoms with Crippen LogP contribution in [0.5, 0.6) is 5.88 Å². The molecule has 3 aromatic rings. The zero-order valence-corrected chi connectivity index (χ0v) is 13.2. The van der Waals surface area contributed by atoms with Gasteiger partial charge in [-0.2, -0.15) is 0 Å². The minimum Gasteiger partial charge on any atom is -0.493 e. The molecule has 0 atom stereocenters. The number of aromatic amines is 1. The van der Waals surface area contributed by atoms with Gasteiger partial charge in [-0.1, -0.05) is 29.8 Å². The van der Waals surface area contributed by atoms with Crippen LogP contribution in [0.25, 0.3) is 17.3 Å². The van der Waals surface area contributed by atoms with E-state index in [-0.39, 0.29) is 17.0 Å². The van der Waals surface area contributed by atoms with Gasteiger partial charge in [-0.15, -0.1) is 0 Å². The largest absolute Gasteiger partial charge is 0.493 e. The van der Waals surface area contributed by atoms with E-state index in [0.29, 0.717) is 10.7 Å². The van der Waals surface area contributed by atoms with Crippen LogP contribution in [0.4, 0.5) is 5.69 Å². The van der Waals surface area contributed by atoms with Crippen LogP contribution in [0, 0.1) is 0 Å². The predicted octanol–water partition coefficient (Wildman–Crippen LogP) is 3.78. The van der Waals surface area contributed by atoms with E-state index in [2.05, 4.69) is 10.1 Å². The molecule has 2 aromatic carbocycles. The van der Waals surface area contributed by atoms with Crippen LogP contribution in [0.15, 0.2) is 58.3 Å². The average molecular weight is 338 g/mol. The number of nitrogens with one attached hydrogen (secondary N) is 1. The molecule has 0 bridgehead atoms. The Bertz CT molecular complexity index is 1040. The molecule has 1 aromatic heterocycles. The summed E-state index contributed by atoms with van der Waals surface area (Å²) in [6.07, 6.45) is 3.32. The first-order chi connectivity index (χ1) is 11.6. The molecule has 0 radical (unpaired) electrons. The maximum Gasteiger partial charge on any atom is 0.275 e. The van der Waals surface area contributed by atoms with Crippen LogP contribution in [0.2, 0.25) is 5.02 Å². The van der Waals surface area contributed by atoms with E-state index >= 15 is 0 Å². The molecular weight excluding hydrogens is 326 g/mol. The van der Waals surface area contributed by atoms with Crippen molar-refractivity contribution in [2.75, 3.05) is 0 Å². The first-order valence-corrected chi connectivity index (χ1v) is 7.66. The monoisotopic (exact) mass is 337 g/mol. The molecule has 118 valence electrons. The van der Waals surface area contributed by atoms with E-state index < -0.39 is 0 Å². The molecule has 2 N–H and O–H groups in total. The van der Waals surface area contributed by atoms with Gasteiger partial charge in [-0.05, 0) is 36.4 Å². The summed E-state index contributed by atoms with van der Waals surface area (Å²) in [5, 5.41) is 13.7. The summed E-state index contributed by atoms with van der Waals surface area (Å²) in [6.45, 7) is 0. The third-order valence-electron chi connectivity index (χ3n) is 3.85. The van der Waals surface area contributed by atoms with Gasteiger partial charge in [0.2, 0.25) is 5.88 Å². The van der Waals surface area contributed by atoms with Crippen molar-refractivity contribution in [3.63, 3.8) is 0 Å². The van der Waals surface area contributed by atoms with E-state index in [1.807, 2.05) is 24.3 Å². The van der Waals surface area contributed by atoms with Gasteiger partial charge in [0.25, 0.3) is 5.56 Å². The second-order valence-electron chi connectivity index (χ2n) is 5.37. The fourth-order valence-corrected chi connectivity index (χ4v) is 2.78. The summed E-state index contributed by atoms with van der Waals surface area (Å²) >= 11 is 5.87. The molecule has 0 saturated carbocycles. The lowest BCUT2D eigenvalue weighted by Crippen LogP contribution is -2.05. The van der Waals surface area contributed by atoms with Gasteiger partial charge < -0.3 is 5.11 Å². The van der Waals surface area contributed by atoms with Crippen molar-refractivity contribution in [1.82, 2.24) is 9.78 Å². The van der Waals surface area contributed by atoms with E-state index in [1.54, 1.807) is 36.6 Å². The number of aromatic hydroxyl groups is 1. The molecule has 24 heavy (non-hydrogen) atoms. The van der Waals surface area contributed by atoms with Crippen molar-refractivity contribution < 1.29 is 5.11 Å². The molecule has 0 amide bonds. The van der Waals surface area contributed by atoms with E-state index in [1.165, 1.54) is 4.68 Å². The Morgan fingerprint density at radius 1 is 1.12 bits per heavy atom. The number of para-hydroxylation sites is 1. The van der Waals surface area contributed by atoms with Crippen LogP contribution in [0.3, 0.4) is 0 Å². The lowest BCUT2D eigenvalue weighted by atomic mass is 10.1. The maximum atomic E-state index is 12.2. The summed E-state index contributed by atoms with van der Waals surface area (Å²) in [4.78, 5) is 16.6.